The molecule has 0 fully saturated rings. The number of carbonyl (C=O) groups excluding carboxylic acids is 1. The second kappa shape index (κ2) is 10.5. The van der Waals surface area contributed by atoms with E-state index >= 15 is 0 Å². The van der Waals surface area contributed by atoms with Crippen LogP contribution in [0.4, 0.5) is 30.1 Å². The first kappa shape index (κ1) is 24.2. The third-order valence-electron chi connectivity index (χ3n) is 4.99. The van der Waals surface area contributed by atoms with Gasteiger partial charge in [0.1, 0.15) is 17.4 Å². The highest BCUT2D eigenvalue weighted by atomic mass is 32.1. The maximum atomic E-state index is 13.9. The van der Waals surface area contributed by atoms with Gasteiger partial charge < -0.3 is 15.4 Å². The number of methoxy groups -OCH3 is 1. The lowest BCUT2D eigenvalue weighted by atomic mass is 10.1. The molecule has 0 radical (unpaired) electrons. The third-order valence-corrected chi connectivity index (χ3v) is 6.01. The maximum absolute atomic E-state index is 13.9. The smallest absolute Gasteiger partial charge is 0.325 e. The van der Waals surface area contributed by atoms with Crippen molar-refractivity contribution in [3.05, 3.63) is 78.4 Å². The number of rotatable bonds is 7. The standard InChI is InChI=1S/C26H24F2N4O2S/c1-15(2)29-19-9-4-17(5-10-19)24-23(16-6-11-20(34-3)12-7-16)31-26(35-24)32-25(33)30-22-13-8-18(27)14-21(22)28/h4-15,29H,1-3H3,(H2,30,31,32,33). The Morgan fingerprint density at radius 1 is 0.943 bits per heavy atom. The van der Waals surface area contributed by atoms with Gasteiger partial charge in [-0.05, 0) is 67.9 Å². The molecule has 0 aliphatic carbocycles. The summed E-state index contributed by atoms with van der Waals surface area (Å²) in [4.78, 5) is 18.0. The van der Waals surface area contributed by atoms with Crippen molar-refractivity contribution >= 4 is 33.9 Å². The molecule has 0 spiro atoms. The zero-order chi connectivity index (χ0) is 24.9. The van der Waals surface area contributed by atoms with E-state index in [0.29, 0.717) is 28.7 Å². The zero-order valence-electron chi connectivity index (χ0n) is 19.4. The minimum absolute atomic E-state index is 0.135. The fraction of sp³-hybridized carbons (Fsp3) is 0.154. The van der Waals surface area contributed by atoms with E-state index in [2.05, 4.69) is 34.8 Å². The predicted molar refractivity (Wildman–Crippen MR) is 137 cm³/mol. The average Bonchev–Trinajstić information content (AvgIpc) is 3.24. The quantitative estimate of drug-likeness (QED) is 0.253. The number of benzene rings is 3. The number of carbonyl (C=O) groups is 1. The molecule has 0 unspecified atom stereocenters. The second-order valence-electron chi connectivity index (χ2n) is 8.00. The molecule has 6 nitrogen and oxygen atoms in total. The molecular formula is C26H24F2N4O2S. The minimum Gasteiger partial charge on any atom is -0.497 e. The van der Waals surface area contributed by atoms with E-state index in [4.69, 9.17) is 4.74 Å². The van der Waals surface area contributed by atoms with E-state index in [9.17, 15) is 13.6 Å². The first-order valence-electron chi connectivity index (χ1n) is 10.9. The molecule has 4 aromatic rings. The van der Waals surface area contributed by atoms with Gasteiger partial charge in [0.15, 0.2) is 5.13 Å². The van der Waals surface area contributed by atoms with Gasteiger partial charge in [-0.3, -0.25) is 5.32 Å². The minimum atomic E-state index is -0.867. The Kier molecular flexibility index (Phi) is 7.26. The van der Waals surface area contributed by atoms with Crippen molar-refractivity contribution in [2.75, 3.05) is 23.1 Å². The molecule has 9 heteroatoms. The molecule has 3 N–H and O–H groups in total. The highest BCUT2D eigenvalue weighted by Gasteiger charge is 2.17. The van der Waals surface area contributed by atoms with Gasteiger partial charge in [-0.2, -0.15) is 0 Å². The summed E-state index contributed by atoms with van der Waals surface area (Å²) in [5.41, 5.74) is 3.33. The van der Waals surface area contributed by atoms with Crippen LogP contribution in [0.5, 0.6) is 5.75 Å². The fourth-order valence-electron chi connectivity index (χ4n) is 3.41. The molecule has 0 atom stereocenters. The van der Waals surface area contributed by atoms with Crippen molar-refractivity contribution in [3.63, 3.8) is 0 Å². The van der Waals surface area contributed by atoms with Crippen LogP contribution in [0.3, 0.4) is 0 Å². The lowest BCUT2D eigenvalue weighted by Gasteiger charge is -2.10. The summed E-state index contributed by atoms with van der Waals surface area (Å²) in [6.07, 6.45) is 0. The lowest BCUT2D eigenvalue weighted by molar-refractivity contribution is 0.262. The Bertz CT molecular complexity index is 1320. The van der Waals surface area contributed by atoms with Crippen LogP contribution in [0.15, 0.2) is 66.7 Å². The van der Waals surface area contributed by atoms with Gasteiger partial charge in [-0.25, -0.2) is 18.6 Å². The van der Waals surface area contributed by atoms with Crippen LogP contribution in [-0.2, 0) is 0 Å². The molecule has 0 aliphatic heterocycles. The molecule has 0 saturated carbocycles. The average molecular weight is 495 g/mol. The number of thiazole rings is 1. The summed E-state index contributed by atoms with van der Waals surface area (Å²) in [6, 6.07) is 18.0. The first-order chi connectivity index (χ1) is 16.8. The molecule has 0 saturated heterocycles. The number of urea groups is 1. The summed E-state index contributed by atoms with van der Waals surface area (Å²) in [5.74, 6) is -0.876. The number of hydrogen-bond donors (Lipinski definition) is 3. The molecule has 0 aliphatic rings. The van der Waals surface area contributed by atoms with E-state index in [1.165, 1.54) is 11.3 Å². The molecule has 2 amide bonds. The Balaban J connectivity index is 1.64. The van der Waals surface area contributed by atoms with Crippen molar-refractivity contribution in [2.24, 2.45) is 0 Å². The van der Waals surface area contributed by atoms with Crippen LogP contribution < -0.4 is 20.7 Å². The molecule has 3 aromatic carbocycles. The molecule has 180 valence electrons. The number of nitrogens with zero attached hydrogens (tertiary/aromatic N) is 1. The number of nitrogens with one attached hydrogen (secondary N) is 3. The van der Waals surface area contributed by atoms with Crippen LogP contribution in [0.25, 0.3) is 21.7 Å². The third kappa shape index (κ3) is 5.93. The monoisotopic (exact) mass is 494 g/mol. The van der Waals surface area contributed by atoms with Gasteiger partial charge in [-0.1, -0.05) is 23.5 Å². The number of aromatic nitrogens is 1. The number of anilines is 3. The number of halogens is 2. The summed E-state index contributed by atoms with van der Waals surface area (Å²) in [6.45, 7) is 4.14. The summed E-state index contributed by atoms with van der Waals surface area (Å²) in [7, 11) is 1.60. The maximum Gasteiger partial charge on any atom is 0.325 e. The van der Waals surface area contributed by atoms with E-state index in [1.54, 1.807) is 7.11 Å². The Hall–Kier alpha value is -3.98. The van der Waals surface area contributed by atoms with E-state index in [0.717, 1.165) is 33.8 Å². The van der Waals surface area contributed by atoms with Crippen molar-refractivity contribution in [3.8, 4) is 27.4 Å². The van der Waals surface area contributed by atoms with Crippen LogP contribution >= 0.6 is 11.3 Å². The van der Waals surface area contributed by atoms with E-state index in [1.807, 2.05) is 48.5 Å². The van der Waals surface area contributed by atoms with Gasteiger partial charge in [0, 0.05) is 23.4 Å². The van der Waals surface area contributed by atoms with Crippen LogP contribution in [0.1, 0.15) is 13.8 Å². The Morgan fingerprint density at radius 3 is 2.26 bits per heavy atom. The van der Waals surface area contributed by atoms with Crippen LogP contribution in [-0.4, -0.2) is 24.2 Å². The number of ether oxygens (including phenoxy) is 1. The fourth-order valence-corrected chi connectivity index (χ4v) is 4.39. The molecule has 0 bridgehead atoms. The topological polar surface area (TPSA) is 75.3 Å². The van der Waals surface area contributed by atoms with Gasteiger partial charge in [-0.15, -0.1) is 0 Å². The number of hydrogen-bond acceptors (Lipinski definition) is 5. The van der Waals surface area contributed by atoms with Gasteiger partial charge in [0.05, 0.1) is 23.4 Å². The molecule has 4 rings (SSSR count). The van der Waals surface area contributed by atoms with Gasteiger partial charge >= 0.3 is 6.03 Å². The first-order valence-corrected chi connectivity index (χ1v) is 11.7. The Morgan fingerprint density at radius 2 is 1.63 bits per heavy atom. The number of amides is 2. The molecule has 1 heterocycles. The zero-order valence-corrected chi connectivity index (χ0v) is 20.2. The molecule has 35 heavy (non-hydrogen) atoms. The summed E-state index contributed by atoms with van der Waals surface area (Å²) in [5, 5.41) is 8.73. The van der Waals surface area contributed by atoms with Crippen LogP contribution in [0, 0.1) is 11.6 Å². The lowest BCUT2D eigenvalue weighted by Crippen LogP contribution is -2.20. The van der Waals surface area contributed by atoms with Crippen LogP contribution in [0.2, 0.25) is 0 Å². The van der Waals surface area contributed by atoms with Gasteiger partial charge in [0.2, 0.25) is 0 Å². The highest BCUT2D eigenvalue weighted by molar-refractivity contribution is 7.19. The SMILES string of the molecule is COc1ccc(-c2nc(NC(=O)Nc3ccc(F)cc3F)sc2-c2ccc(NC(C)C)cc2)cc1. The molecule has 1 aromatic heterocycles. The summed E-state index contributed by atoms with van der Waals surface area (Å²) >= 11 is 1.29. The van der Waals surface area contributed by atoms with E-state index in [-0.39, 0.29) is 5.69 Å². The van der Waals surface area contributed by atoms with Gasteiger partial charge in [0.25, 0.3) is 0 Å². The van der Waals surface area contributed by atoms with E-state index < -0.39 is 17.7 Å². The largest absolute Gasteiger partial charge is 0.497 e. The Labute approximate surface area is 206 Å². The second-order valence-corrected chi connectivity index (χ2v) is 9.00. The van der Waals surface area contributed by atoms with Crippen molar-refractivity contribution in [2.45, 2.75) is 19.9 Å². The normalized spacial score (nSPS) is 10.8. The van der Waals surface area contributed by atoms with Crippen molar-refractivity contribution in [1.29, 1.82) is 0 Å². The predicted octanol–water partition coefficient (Wildman–Crippen LogP) is 7.23. The van der Waals surface area contributed by atoms with Crippen molar-refractivity contribution in [1.82, 2.24) is 4.98 Å². The van der Waals surface area contributed by atoms with Crippen molar-refractivity contribution < 1.29 is 18.3 Å². The highest BCUT2D eigenvalue weighted by Crippen LogP contribution is 2.40. The molecular weight excluding hydrogens is 470 g/mol. The summed E-state index contributed by atoms with van der Waals surface area (Å²) < 4.78 is 32.3.